The monoisotopic (exact) mass is 341 g/mol. The molecule has 1 atom stereocenters. The van der Waals surface area contributed by atoms with Crippen molar-refractivity contribution in [2.45, 2.75) is 46.1 Å². The first-order valence-electron chi connectivity index (χ1n) is 8.56. The first-order chi connectivity index (χ1) is 12.0. The fourth-order valence-corrected chi connectivity index (χ4v) is 3.58. The van der Waals surface area contributed by atoms with Gasteiger partial charge in [-0.15, -0.1) is 0 Å². The number of nitrogens with zero attached hydrogens (tertiary/aromatic N) is 5. The number of hydrogen-bond acceptors (Lipinski definition) is 5. The van der Waals surface area contributed by atoms with Crippen molar-refractivity contribution in [3.63, 3.8) is 0 Å². The average Bonchev–Trinajstić information content (AvgIpc) is 2.89. The molecular weight excluding hydrogens is 318 g/mol. The lowest BCUT2D eigenvalue weighted by molar-refractivity contribution is -0.133. The van der Waals surface area contributed by atoms with Crippen molar-refractivity contribution < 1.29 is 9.59 Å². The van der Waals surface area contributed by atoms with Gasteiger partial charge in [0.1, 0.15) is 12.9 Å². The Morgan fingerprint density at radius 3 is 2.76 bits per heavy atom. The van der Waals surface area contributed by atoms with Gasteiger partial charge in [-0.1, -0.05) is 0 Å². The van der Waals surface area contributed by atoms with Crippen molar-refractivity contribution >= 4 is 11.7 Å². The molecule has 7 heteroatoms. The summed E-state index contributed by atoms with van der Waals surface area (Å²) >= 11 is 0. The molecule has 1 unspecified atom stereocenters. The van der Waals surface area contributed by atoms with Gasteiger partial charge in [-0.3, -0.25) is 14.3 Å². The molecule has 0 spiro atoms. The number of Topliss-reactive ketones (excluding diaryl/α,β-unsaturated/α-hetero) is 1. The van der Waals surface area contributed by atoms with Gasteiger partial charge >= 0.3 is 0 Å². The van der Waals surface area contributed by atoms with Gasteiger partial charge in [0.15, 0.2) is 5.78 Å². The van der Waals surface area contributed by atoms with Gasteiger partial charge in [-0.05, 0) is 39.7 Å². The Balaban J connectivity index is 1.71. The number of hydrogen-bond donors (Lipinski definition) is 0. The van der Waals surface area contributed by atoms with Crippen molar-refractivity contribution in [3.05, 3.63) is 41.2 Å². The number of carbonyl (C=O) groups excluding carboxylic acids is 2. The molecule has 132 valence electrons. The molecule has 2 aromatic heterocycles. The van der Waals surface area contributed by atoms with Crippen molar-refractivity contribution in [1.29, 1.82) is 0 Å². The van der Waals surface area contributed by atoms with Crippen LogP contribution in [0.15, 0.2) is 18.6 Å². The largest absolute Gasteiger partial charge is 0.340 e. The summed E-state index contributed by atoms with van der Waals surface area (Å²) in [5.74, 6) is 0.254. The van der Waals surface area contributed by atoms with Crippen LogP contribution in [-0.2, 0) is 11.3 Å². The van der Waals surface area contributed by atoms with Crippen molar-refractivity contribution in [2.75, 3.05) is 13.1 Å². The van der Waals surface area contributed by atoms with Gasteiger partial charge in [0.25, 0.3) is 0 Å². The number of piperidine rings is 1. The number of aryl methyl sites for hydroxylation is 1. The summed E-state index contributed by atoms with van der Waals surface area (Å²) in [5, 5.41) is 4.37. The highest BCUT2D eigenvalue weighted by Gasteiger charge is 2.26. The molecule has 1 saturated heterocycles. The van der Waals surface area contributed by atoms with Crippen molar-refractivity contribution in [3.8, 4) is 0 Å². The molecule has 0 saturated carbocycles. The molecule has 1 aliphatic rings. The van der Waals surface area contributed by atoms with E-state index in [-0.39, 0.29) is 24.2 Å². The minimum Gasteiger partial charge on any atom is -0.340 e. The summed E-state index contributed by atoms with van der Waals surface area (Å²) in [7, 11) is 0. The van der Waals surface area contributed by atoms with E-state index in [1.807, 2.05) is 17.9 Å². The van der Waals surface area contributed by atoms with Gasteiger partial charge in [-0.25, -0.2) is 9.97 Å². The Kier molecular flexibility index (Phi) is 4.92. The molecule has 0 N–H and O–H groups in total. The lowest BCUT2D eigenvalue weighted by Crippen LogP contribution is -2.41. The van der Waals surface area contributed by atoms with E-state index in [9.17, 15) is 9.59 Å². The third-order valence-electron chi connectivity index (χ3n) is 4.82. The smallest absolute Gasteiger partial charge is 0.244 e. The van der Waals surface area contributed by atoms with Crippen LogP contribution in [0.5, 0.6) is 0 Å². The van der Waals surface area contributed by atoms with Gasteiger partial charge in [0, 0.05) is 36.6 Å². The van der Waals surface area contributed by atoms with Crippen LogP contribution in [0, 0.1) is 13.8 Å². The number of rotatable bonds is 4. The second-order valence-corrected chi connectivity index (χ2v) is 6.57. The molecule has 7 nitrogen and oxygen atoms in total. The minimum absolute atomic E-state index is 0.0181. The fourth-order valence-electron chi connectivity index (χ4n) is 3.58. The van der Waals surface area contributed by atoms with Gasteiger partial charge in [0.05, 0.1) is 11.3 Å². The normalized spacial score (nSPS) is 17.6. The molecule has 1 amide bonds. The summed E-state index contributed by atoms with van der Waals surface area (Å²) in [6, 6.07) is 1.92. The van der Waals surface area contributed by atoms with Crippen LogP contribution >= 0.6 is 0 Å². The Bertz CT molecular complexity index is 784. The highest BCUT2D eigenvalue weighted by Crippen LogP contribution is 2.25. The van der Waals surface area contributed by atoms with Crippen LogP contribution in [0.4, 0.5) is 0 Å². The second kappa shape index (κ2) is 7.13. The van der Waals surface area contributed by atoms with E-state index in [1.54, 1.807) is 24.1 Å². The molecular formula is C18H23N5O2. The molecule has 1 aliphatic heterocycles. The molecule has 0 bridgehead atoms. The van der Waals surface area contributed by atoms with Crippen LogP contribution in [-0.4, -0.2) is 49.4 Å². The molecule has 25 heavy (non-hydrogen) atoms. The minimum atomic E-state index is -0.0181. The lowest BCUT2D eigenvalue weighted by Gasteiger charge is -2.32. The molecule has 0 aliphatic carbocycles. The Morgan fingerprint density at radius 2 is 2.12 bits per heavy atom. The van der Waals surface area contributed by atoms with E-state index in [0.29, 0.717) is 17.8 Å². The topological polar surface area (TPSA) is 81.0 Å². The highest BCUT2D eigenvalue weighted by molar-refractivity contribution is 5.96. The summed E-state index contributed by atoms with van der Waals surface area (Å²) in [6.07, 6.45) is 5.27. The number of amides is 1. The standard InChI is InChI=1S/C18H23N5O2/c1-12-18(14(3)24)13(2)23(21-12)10-17(25)22-8-4-5-15(9-22)16-6-7-19-11-20-16/h6-7,11,15H,4-5,8-10H2,1-3H3. The summed E-state index contributed by atoms with van der Waals surface area (Å²) in [5.41, 5.74) is 3.03. The summed E-state index contributed by atoms with van der Waals surface area (Å²) < 4.78 is 1.64. The van der Waals surface area contributed by atoms with E-state index in [4.69, 9.17) is 0 Å². The number of aromatic nitrogens is 4. The lowest BCUT2D eigenvalue weighted by atomic mass is 9.94. The van der Waals surface area contributed by atoms with E-state index >= 15 is 0 Å². The number of ketones is 1. The van der Waals surface area contributed by atoms with Crippen LogP contribution in [0.3, 0.4) is 0 Å². The second-order valence-electron chi connectivity index (χ2n) is 6.57. The first kappa shape index (κ1) is 17.3. The predicted octanol–water partition coefficient (Wildman–Crippen LogP) is 1.90. The highest BCUT2D eigenvalue weighted by atomic mass is 16.2. The maximum Gasteiger partial charge on any atom is 0.244 e. The summed E-state index contributed by atoms with van der Waals surface area (Å²) in [4.78, 5) is 34.6. The van der Waals surface area contributed by atoms with Crippen LogP contribution < -0.4 is 0 Å². The van der Waals surface area contributed by atoms with Crippen LogP contribution in [0.2, 0.25) is 0 Å². The zero-order chi connectivity index (χ0) is 18.0. The third-order valence-corrected chi connectivity index (χ3v) is 4.82. The van der Waals surface area contributed by atoms with E-state index in [1.165, 1.54) is 6.92 Å². The molecule has 3 rings (SSSR count). The van der Waals surface area contributed by atoms with Crippen molar-refractivity contribution in [1.82, 2.24) is 24.6 Å². The Hall–Kier alpha value is -2.57. The summed E-state index contributed by atoms with van der Waals surface area (Å²) in [6.45, 7) is 6.74. The zero-order valence-electron chi connectivity index (χ0n) is 14.9. The molecule has 0 aromatic carbocycles. The number of carbonyl (C=O) groups is 2. The van der Waals surface area contributed by atoms with E-state index in [0.717, 1.165) is 30.8 Å². The molecule has 3 heterocycles. The van der Waals surface area contributed by atoms with Gasteiger partial charge in [-0.2, -0.15) is 5.10 Å². The average molecular weight is 341 g/mol. The molecule has 0 radical (unpaired) electrons. The van der Waals surface area contributed by atoms with Gasteiger partial charge < -0.3 is 4.90 Å². The first-order valence-corrected chi connectivity index (χ1v) is 8.56. The van der Waals surface area contributed by atoms with Crippen molar-refractivity contribution in [2.24, 2.45) is 0 Å². The quantitative estimate of drug-likeness (QED) is 0.794. The predicted molar refractivity (Wildman–Crippen MR) is 92.3 cm³/mol. The van der Waals surface area contributed by atoms with Crippen LogP contribution in [0.25, 0.3) is 0 Å². The maximum absolute atomic E-state index is 12.7. The Morgan fingerprint density at radius 1 is 1.32 bits per heavy atom. The Labute approximate surface area is 147 Å². The number of likely N-dealkylation sites (tertiary alicyclic amines) is 1. The third kappa shape index (κ3) is 3.60. The van der Waals surface area contributed by atoms with E-state index < -0.39 is 0 Å². The zero-order valence-corrected chi connectivity index (χ0v) is 14.9. The van der Waals surface area contributed by atoms with Gasteiger partial charge in [0.2, 0.25) is 5.91 Å². The maximum atomic E-state index is 12.7. The van der Waals surface area contributed by atoms with E-state index in [2.05, 4.69) is 15.1 Å². The molecule has 2 aromatic rings. The fraction of sp³-hybridized carbons (Fsp3) is 0.500. The SMILES string of the molecule is CC(=O)c1c(C)nn(CC(=O)N2CCCC(c3ccncn3)C2)c1C. The van der Waals surface area contributed by atoms with Crippen LogP contribution in [0.1, 0.15) is 53.1 Å². The molecule has 1 fully saturated rings.